The number of hydrogen-bond acceptors (Lipinski definition) is 4. The second-order valence-electron chi connectivity index (χ2n) is 7.71. The van der Waals surface area contributed by atoms with Gasteiger partial charge in [-0.05, 0) is 39.5 Å². The predicted octanol–water partition coefficient (Wildman–Crippen LogP) is 4.44. The zero-order chi connectivity index (χ0) is 15.5. The Morgan fingerprint density at radius 1 is 1.33 bits per heavy atom. The maximum atomic E-state index is 4.89. The molecule has 120 valence electrons. The molecule has 1 heterocycles. The Balaban J connectivity index is 2.04. The highest BCUT2D eigenvalue weighted by molar-refractivity contribution is 7.13. The summed E-state index contributed by atoms with van der Waals surface area (Å²) in [5.41, 5.74) is 1.32. The van der Waals surface area contributed by atoms with E-state index in [1.807, 2.05) is 11.3 Å². The van der Waals surface area contributed by atoms with Crippen LogP contribution >= 0.6 is 11.3 Å². The van der Waals surface area contributed by atoms with Crippen molar-refractivity contribution in [3.63, 3.8) is 0 Å². The van der Waals surface area contributed by atoms with Crippen LogP contribution in [0.3, 0.4) is 0 Å². The Labute approximate surface area is 134 Å². The number of nitrogens with zero attached hydrogens (tertiary/aromatic N) is 2. The van der Waals surface area contributed by atoms with E-state index in [4.69, 9.17) is 4.98 Å². The minimum atomic E-state index is 0.146. The molecule has 1 fully saturated rings. The molecule has 0 unspecified atom stereocenters. The van der Waals surface area contributed by atoms with Crippen molar-refractivity contribution in [1.29, 1.82) is 0 Å². The van der Waals surface area contributed by atoms with Gasteiger partial charge in [0.05, 0.1) is 5.69 Å². The first-order chi connectivity index (χ1) is 9.85. The lowest BCUT2D eigenvalue weighted by Gasteiger charge is -2.30. The fourth-order valence-electron chi connectivity index (χ4n) is 2.86. The monoisotopic (exact) mass is 309 g/mol. The van der Waals surface area contributed by atoms with Crippen LogP contribution in [0.25, 0.3) is 0 Å². The Hall–Kier alpha value is -0.610. The van der Waals surface area contributed by atoms with Crippen LogP contribution in [0.5, 0.6) is 0 Å². The summed E-state index contributed by atoms with van der Waals surface area (Å²) in [7, 11) is 0. The highest BCUT2D eigenvalue weighted by Gasteiger charge is 2.25. The third-order valence-electron chi connectivity index (χ3n) is 3.91. The number of thiazole rings is 1. The first-order valence-corrected chi connectivity index (χ1v) is 9.19. The average molecular weight is 310 g/mol. The third kappa shape index (κ3) is 5.26. The van der Waals surface area contributed by atoms with E-state index in [1.165, 1.54) is 36.5 Å². The molecule has 1 saturated carbocycles. The van der Waals surface area contributed by atoms with Gasteiger partial charge in [-0.3, -0.25) is 0 Å². The van der Waals surface area contributed by atoms with Gasteiger partial charge in [0.15, 0.2) is 5.13 Å². The van der Waals surface area contributed by atoms with E-state index in [0.717, 1.165) is 13.1 Å². The van der Waals surface area contributed by atoms with E-state index in [0.29, 0.717) is 12.0 Å². The first kappa shape index (κ1) is 16.8. The molecule has 1 aliphatic carbocycles. The Kier molecular flexibility index (Phi) is 5.67. The molecular formula is C17H31N3S. The summed E-state index contributed by atoms with van der Waals surface area (Å²) >= 11 is 1.81. The highest BCUT2D eigenvalue weighted by atomic mass is 32.1. The fraction of sp³-hybridized carbons (Fsp3) is 0.824. The average Bonchev–Trinajstić information content (AvgIpc) is 3.04. The molecule has 0 spiro atoms. The lowest BCUT2D eigenvalue weighted by molar-refractivity contribution is 0.421. The van der Waals surface area contributed by atoms with Gasteiger partial charge in [-0.25, -0.2) is 4.98 Å². The summed E-state index contributed by atoms with van der Waals surface area (Å²) in [6.45, 7) is 13.2. The molecule has 0 aliphatic heterocycles. The van der Waals surface area contributed by atoms with E-state index >= 15 is 0 Å². The largest absolute Gasteiger partial charge is 0.345 e. The van der Waals surface area contributed by atoms with Crippen molar-refractivity contribution < 1.29 is 0 Å². The maximum absolute atomic E-state index is 4.89. The van der Waals surface area contributed by atoms with Gasteiger partial charge in [-0.15, -0.1) is 11.3 Å². The van der Waals surface area contributed by atoms with Crippen molar-refractivity contribution in [2.24, 2.45) is 5.92 Å². The van der Waals surface area contributed by atoms with Crippen LogP contribution in [-0.2, 0) is 6.54 Å². The SMILES string of the molecule is CC(C)CN(c1nc(CNC(C)(C)C)cs1)C1CCCC1. The normalized spacial score (nSPS) is 16.9. The Morgan fingerprint density at radius 3 is 2.57 bits per heavy atom. The maximum Gasteiger partial charge on any atom is 0.185 e. The van der Waals surface area contributed by atoms with Crippen molar-refractivity contribution in [2.75, 3.05) is 11.4 Å². The summed E-state index contributed by atoms with van der Waals surface area (Å²) in [6.07, 6.45) is 5.43. The van der Waals surface area contributed by atoms with Gasteiger partial charge >= 0.3 is 0 Å². The number of rotatable bonds is 6. The number of aromatic nitrogens is 1. The van der Waals surface area contributed by atoms with Gasteiger partial charge in [-0.1, -0.05) is 26.7 Å². The summed E-state index contributed by atoms with van der Waals surface area (Å²) in [4.78, 5) is 7.47. The van der Waals surface area contributed by atoms with E-state index < -0.39 is 0 Å². The molecule has 1 aromatic heterocycles. The van der Waals surface area contributed by atoms with Crippen LogP contribution in [0, 0.1) is 5.92 Å². The first-order valence-electron chi connectivity index (χ1n) is 8.31. The summed E-state index contributed by atoms with van der Waals surface area (Å²) in [6, 6.07) is 0.710. The lowest BCUT2D eigenvalue weighted by atomic mass is 10.1. The van der Waals surface area contributed by atoms with Crippen molar-refractivity contribution in [1.82, 2.24) is 10.3 Å². The molecular weight excluding hydrogens is 278 g/mol. The molecule has 0 amide bonds. The van der Waals surface area contributed by atoms with E-state index in [2.05, 4.69) is 50.2 Å². The molecule has 0 atom stereocenters. The van der Waals surface area contributed by atoms with Crippen LogP contribution in [-0.4, -0.2) is 23.1 Å². The zero-order valence-corrected chi connectivity index (χ0v) is 15.1. The molecule has 3 nitrogen and oxygen atoms in total. The van der Waals surface area contributed by atoms with Crippen LogP contribution in [0.4, 0.5) is 5.13 Å². The van der Waals surface area contributed by atoms with Gasteiger partial charge in [0, 0.05) is 30.1 Å². The summed E-state index contributed by atoms with van der Waals surface area (Å²) < 4.78 is 0. The molecule has 0 radical (unpaired) electrons. The molecule has 2 rings (SSSR count). The van der Waals surface area contributed by atoms with Crippen molar-refractivity contribution in [3.05, 3.63) is 11.1 Å². The lowest BCUT2D eigenvalue weighted by Crippen LogP contribution is -2.36. The number of hydrogen-bond donors (Lipinski definition) is 1. The predicted molar refractivity (Wildman–Crippen MR) is 93.1 cm³/mol. The standard InChI is InChI=1S/C17H31N3S/c1-13(2)11-20(15-8-6-7-9-15)16-19-14(12-21-16)10-18-17(3,4)5/h12-13,15,18H,6-11H2,1-5H3. The second kappa shape index (κ2) is 7.10. The molecule has 0 saturated heterocycles. The zero-order valence-electron chi connectivity index (χ0n) is 14.3. The van der Waals surface area contributed by atoms with E-state index in [1.54, 1.807) is 0 Å². The smallest absolute Gasteiger partial charge is 0.185 e. The van der Waals surface area contributed by atoms with Gasteiger partial charge in [-0.2, -0.15) is 0 Å². The van der Waals surface area contributed by atoms with Crippen LogP contribution in [0.15, 0.2) is 5.38 Å². The molecule has 1 N–H and O–H groups in total. The Morgan fingerprint density at radius 2 is 2.00 bits per heavy atom. The van der Waals surface area contributed by atoms with E-state index in [9.17, 15) is 0 Å². The summed E-state index contributed by atoms with van der Waals surface area (Å²) in [5.74, 6) is 0.686. The Bertz CT molecular complexity index is 427. The fourth-order valence-corrected chi connectivity index (χ4v) is 3.76. The topological polar surface area (TPSA) is 28.2 Å². The second-order valence-corrected chi connectivity index (χ2v) is 8.55. The quantitative estimate of drug-likeness (QED) is 0.842. The number of anilines is 1. The van der Waals surface area contributed by atoms with Crippen molar-refractivity contribution >= 4 is 16.5 Å². The summed E-state index contributed by atoms with van der Waals surface area (Å²) in [5, 5.41) is 6.97. The van der Waals surface area contributed by atoms with Gasteiger partial charge < -0.3 is 10.2 Å². The van der Waals surface area contributed by atoms with Crippen molar-refractivity contribution in [2.45, 2.75) is 78.4 Å². The molecule has 1 aliphatic rings. The molecule has 0 bridgehead atoms. The third-order valence-corrected chi connectivity index (χ3v) is 4.84. The molecule has 4 heteroatoms. The van der Waals surface area contributed by atoms with Crippen LogP contribution in [0.1, 0.15) is 66.0 Å². The molecule has 1 aromatic rings. The molecule has 21 heavy (non-hydrogen) atoms. The minimum Gasteiger partial charge on any atom is -0.345 e. The van der Waals surface area contributed by atoms with E-state index in [-0.39, 0.29) is 5.54 Å². The van der Waals surface area contributed by atoms with Gasteiger partial charge in [0.25, 0.3) is 0 Å². The minimum absolute atomic E-state index is 0.146. The van der Waals surface area contributed by atoms with Crippen molar-refractivity contribution in [3.8, 4) is 0 Å². The van der Waals surface area contributed by atoms with Gasteiger partial charge in [0.2, 0.25) is 0 Å². The van der Waals surface area contributed by atoms with Crippen LogP contribution < -0.4 is 10.2 Å². The number of nitrogens with one attached hydrogen (secondary N) is 1. The molecule has 0 aromatic carbocycles. The highest BCUT2D eigenvalue weighted by Crippen LogP contribution is 2.31. The van der Waals surface area contributed by atoms with Gasteiger partial charge in [0.1, 0.15) is 0 Å². The van der Waals surface area contributed by atoms with Crippen LogP contribution in [0.2, 0.25) is 0 Å².